The van der Waals surface area contributed by atoms with Gasteiger partial charge < -0.3 is 15.2 Å². The molecule has 2 N–H and O–H groups in total. The highest BCUT2D eigenvalue weighted by Crippen LogP contribution is 2.26. The summed E-state index contributed by atoms with van der Waals surface area (Å²) in [6.07, 6.45) is 9.34. The molecule has 0 atom stereocenters. The first kappa shape index (κ1) is 14.8. The molecule has 0 bridgehead atoms. The number of hydrogen-bond acceptors (Lipinski definition) is 4. The third-order valence-corrected chi connectivity index (χ3v) is 4.38. The Hall–Kier alpha value is -2.11. The number of carbonyl (C=O) groups excluding carboxylic acids is 1. The third kappa shape index (κ3) is 2.77. The summed E-state index contributed by atoms with van der Waals surface area (Å²) in [5, 5.41) is 2.89. The van der Waals surface area contributed by atoms with Crippen molar-refractivity contribution < 1.29 is 4.79 Å². The molecule has 1 aliphatic carbocycles. The lowest BCUT2D eigenvalue weighted by atomic mass is 10.2. The number of rotatable bonds is 5. The highest BCUT2D eigenvalue weighted by Gasteiger charge is 2.22. The second kappa shape index (κ2) is 6.34. The van der Waals surface area contributed by atoms with E-state index in [0.29, 0.717) is 29.3 Å². The number of anilines is 1. The van der Waals surface area contributed by atoms with Crippen LogP contribution in [0.4, 0.5) is 5.82 Å². The number of nitrogens with zero attached hydrogens (tertiary/aromatic N) is 3. The van der Waals surface area contributed by atoms with Crippen molar-refractivity contribution >= 4 is 22.9 Å². The summed E-state index contributed by atoms with van der Waals surface area (Å²) < 4.78 is 0. The number of fused-ring (bicyclic) bond motifs is 1. The Labute approximate surface area is 130 Å². The van der Waals surface area contributed by atoms with Gasteiger partial charge in [0.2, 0.25) is 0 Å². The number of aromatic nitrogens is 3. The molecule has 0 aromatic carbocycles. The Bertz CT molecular complexity index is 660. The molecule has 0 radical (unpaired) electrons. The standard InChI is InChI=1S/C16H23N5O/c1-3-8-17-16(22)12-9-18-15-14(12)20-13(10-19-15)21(2)11-6-4-5-7-11/h9-11H,3-8H2,1-2H3,(H,17,22)(H,18,19). The van der Waals surface area contributed by atoms with Crippen LogP contribution in [0.5, 0.6) is 0 Å². The van der Waals surface area contributed by atoms with Crippen LogP contribution in [-0.2, 0) is 0 Å². The number of hydrogen-bond donors (Lipinski definition) is 2. The van der Waals surface area contributed by atoms with Crippen LogP contribution in [0.2, 0.25) is 0 Å². The quantitative estimate of drug-likeness (QED) is 0.889. The summed E-state index contributed by atoms with van der Waals surface area (Å²) >= 11 is 0. The van der Waals surface area contributed by atoms with Crippen molar-refractivity contribution in [3.05, 3.63) is 18.0 Å². The van der Waals surface area contributed by atoms with E-state index in [0.717, 1.165) is 12.2 Å². The lowest BCUT2D eigenvalue weighted by Crippen LogP contribution is -2.29. The molecule has 1 amide bonds. The van der Waals surface area contributed by atoms with Gasteiger partial charge in [-0.1, -0.05) is 19.8 Å². The maximum Gasteiger partial charge on any atom is 0.255 e. The van der Waals surface area contributed by atoms with Crippen LogP contribution in [0.25, 0.3) is 11.2 Å². The maximum atomic E-state index is 12.2. The number of H-pyrrole nitrogens is 1. The summed E-state index contributed by atoms with van der Waals surface area (Å²) in [4.78, 5) is 26.5. The summed E-state index contributed by atoms with van der Waals surface area (Å²) in [5.74, 6) is 0.742. The molecule has 6 heteroatoms. The fourth-order valence-electron chi connectivity index (χ4n) is 3.04. The predicted molar refractivity (Wildman–Crippen MR) is 87.2 cm³/mol. The Morgan fingerprint density at radius 2 is 2.23 bits per heavy atom. The van der Waals surface area contributed by atoms with Crippen molar-refractivity contribution in [3.63, 3.8) is 0 Å². The van der Waals surface area contributed by atoms with Gasteiger partial charge in [-0.3, -0.25) is 4.79 Å². The predicted octanol–water partition coefficient (Wildman–Crippen LogP) is 2.48. The molecule has 0 unspecified atom stereocenters. The molecule has 6 nitrogen and oxygen atoms in total. The van der Waals surface area contributed by atoms with Crippen LogP contribution >= 0.6 is 0 Å². The van der Waals surface area contributed by atoms with Gasteiger partial charge >= 0.3 is 0 Å². The Kier molecular flexibility index (Phi) is 4.27. The van der Waals surface area contributed by atoms with Crippen LogP contribution in [0, 0.1) is 0 Å². The summed E-state index contributed by atoms with van der Waals surface area (Å²) in [5.41, 5.74) is 1.87. The van der Waals surface area contributed by atoms with Gasteiger partial charge in [-0.2, -0.15) is 0 Å². The van der Waals surface area contributed by atoms with Gasteiger partial charge in [0.1, 0.15) is 11.3 Å². The number of aromatic amines is 1. The summed E-state index contributed by atoms with van der Waals surface area (Å²) in [6.45, 7) is 2.70. The zero-order valence-corrected chi connectivity index (χ0v) is 13.2. The van der Waals surface area contributed by atoms with E-state index in [9.17, 15) is 4.79 Å². The van der Waals surface area contributed by atoms with Gasteiger partial charge in [0.15, 0.2) is 5.65 Å². The first-order chi connectivity index (χ1) is 10.7. The van der Waals surface area contributed by atoms with Gasteiger partial charge in [0, 0.05) is 25.8 Å². The van der Waals surface area contributed by atoms with Crippen molar-refractivity contribution in [2.75, 3.05) is 18.5 Å². The fourth-order valence-corrected chi connectivity index (χ4v) is 3.04. The first-order valence-electron chi connectivity index (χ1n) is 8.06. The summed E-state index contributed by atoms with van der Waals surface area (Å²) in [7, 11) is 2.06. The van der Waals surface area contributed by atoms with E-state index >= 15 is 0 Å². The smallest absolute Gasteiger partial charge is 0.255 e. The molecule has 0 saturated heterocycles. The van der Waals surface area contributed by atoms with Gasteiger partial charge in [0.25, 0.3) is 5.91 Å². The average molecular weight is 301 g/mol. The minimum Gasteiger partial charge on any atom is -0.355 e. The lowest BCUT2D eigenvalue weighted by molar-refractivity contribution is 0.0955. The molecule has 2 aromatic heterocycles. The Balaban J connectivity index is 1.89. The normalized spacial score (nSPS) is 15.4. The second-order valence-corrected chi connectivity index (χ2v) is 5.93. The molecule has 3 rings (SSSR count). The molecule has 0 aliphatic heterocycles. The molecule has 1 saturated carbocycles. The molecule has 22 heavy (non-hydrogen) atoms. The molecule has 118 valence electrons. The maximum absolute atomic E-state index is 12.2. The first-order valence-corrected chi connectivity index (χ1v) is 8.06. The van der Waals surface area contributed by atoms with E-state index in [-0.39, 0.29) is 5.91 Å². The molecule has 2 heterocycles. The van der Waals surface area contributed by atoms with E-state index in [1.807, 2.05) is 6.92 Å². The molecule has 1 aliphatic rings. The van der Waals surface area contributed by atoms with Crippen LogP contribution in [0.15, 0.2) is 12.4 Å². The van der Waals surface area contributed by atoms with Crippen molar-refractivity contribution in [1.82, 2.24) is 20.3 Å². The SMILES string of the molecule is CCCNC(=O)c1c[nH]c2ncc(N(C)C3CCCC3)nc12. The number of amides is 1. The molecule has 1 fully saturated rings. The summed E-state index contributed by atoms with van der Waals surface area (Å²) in [6, 6.07) is 0.531. The fraction of sp³-hybridized carbons (Fsp3) is 0.562. The van der Waals surface area contributed by atoms with Crippen LogP contribution in [0.1, 0.15) is 49.4 Å². The van der Waals surface area contributed by atoms with Crippen LogP contribution in [0.3, 0.4) is 0 Å². The molecule has 2 aromatic rings. The minimum absolute atomic E-state index is 0.0944. The highest BCUT2D eigenvalue weighted by atomic mass is 16.1. The third-order valence-electron chi connectivity index (χ3n) is 4.38. The van der Waals surface area contributed by atoms with Crippen molar-refractivity contribution in [2.45, 2.75) is 45.1 Å². The van der Waals surface area contributed by atoms with Crippen LogP contribution < -0.4 is 10.2 Å². The van der Waals surface area contributed by atoms with E-state index in [1.54, 1.807) is 12.4 Å². The topological polar surface area (TPSA) is 73.9 Å². The average Bonchev–Trinajstić information content (AvgIpc) is 3.20. The Morgan fingerprint density at radius 1 is 1.45 bits per heavy atom. The van der Waals surface area contributed by atoms with Gasteiger partial charge in [-0.15, -0.1) is 0 Å². The number of carbonyl (C=O) groups is 1. The van der Waals surface area contributed by atoms with Gasteiger partial charge in [0.05, 0.1) is 11.8 Å². The van der Waals surface area contributed by atoms with Crippen LogP contribution in [-0.4, -0.2) is 40.5 Å². The van der Waals surface area contributed by atoms with Gasteiger partial charge in [-0.25, -0.2) is 9.97 Å². The second-order valence-electron chi connectivity index (χ2n) is 5.93. The van der Waals surface area contributed by atoms with E-state index in [2.05, 4.69) is 32.2 Å². The van der Waals surface area contributed by atoms with Crippen molar-refractivity contribution in [3.8, 4) is 0 Å². The molecular weight excluding hydrogens is 278 g/mol. The van der Waals surface area contributed by atoms with E-state index in [1.165, 1.54) is 25.7 Å². The zero-order valence-electron chi connectivity index (χ0n) is 13.2. The monoisotopic (exact) mass is 301 g/mol. The Morgan fingerprint density at radius 3 is 2.95 bits per heavy atom. The number of nitrogens with one attached hydrogen (secondary N) is 2. The van der Waals surface area contributed by atoms with E-state index in [4.69, 9.17) is 0 Å². The van der Waals surface area contributed by atoms with Gasteiger partial charge in [-0.05, 0) is 19.3 Å². The molecular formula is C16H23N5O. The van der Waals surface area contributed by atoms with E-state index < -0.39 is 0 Å². The lowest BCUT2D eigenvalue weighted by Gasteiger charge is -2.24. The van der Waals surface area contributed by atoms with Crippen molar-refractivity contribution in [2.24, 2.45) is 0 Å². The molecule has 0 spiro atoms. The zero-order chi connectivity index (χ0) is 15.5. The minimum atomic E-state index is -0.0944. The highest BCUT2D eigenvalue weighted by molar-refractivity contribution is 6.04. The van der Waals surface area contributed by atoms with Crippen molar-refractivity contribution in [1.29, 1.82) is 0 Å². The largest absolute Gasteiger partial charge is 0.355 e.